The van der Waals surface area contributed by atoms with Crippen molar-refractivity contribution in [3.63, 3.8) is 0 Å². The van der Waals surface area contributed by atoms with Crippen molar-refractivity contribution < 1.29 is 21.6 Å². The van der Waals surface area contributed by atoms with Crippen molar-refractivity contribution >= 4 is 15.7 Å². The highest BCUT2D eigenvalue weighted by Crippen LogP contribution is 2.31. The van der Waals surface area contributed by atoms with Crippen LogP contribution in [0.3, 0.4) is 0 Å². The topological polar surface area (TPSA) is 58.2 Å². The summed E-state index contributed by atoms with van der Waals surface area (Å²) in [7, 11) is -2.00. The summed E-state index contributed by atoms with van der Waals surface area (Å²) in [6.45, 7) is 0. The van der Waals surface area contributed by atoms with Crippen LogP contribution in [0.4, 0.5) is 18.9 Å². The van der Waals surface area contributed by atoms with Gasteiger partial charge in [0.2, 0.25) is 0 Å². The van der Waals surface area contributed by atoms with Crippen LogP contribution in [-0.2, 0) is 29.0 Å². The van der Waals surface area contributed by atoms with Gasteiger partial charge in [0.25, 0.3) is 10.0 Å². The Labute approximate surface area is 150 Å². The van der Waals surface area contributed by atoms with Crippen LogP contribution in [0.1, 0.15) is 23.1 Å². The van der Waals surface area contributed by atoms with E-state index < -0.39 is 21.8 Å². The van der Waals surface area contributed by atoms with Gasteiger partial charge in [-0.25, -0.2) is 8.42 Å². The number of alkyl halides is 3. The quantitative estimate of drug-likeness (QED) is 0.847. The van der Waals surface area contributed by atoms with Gasteiger partial charge in [-0.3, -0.25) is 4.72 Å². The van der Waals surface area contributed by atoms with Gasteiger partial charge in [0.1, 0.15) is 0 Å². The maximum Gasteiger partial charge on any atom is 0.416 e. The van der Waals surface area contributed by atoms with E-state index in [1.807, 2.05) is 13.1 Å². The van der Waals surface area contributed by atoms with Crippen LogP contribution in [0.2, 0.25) is 0 Å². The van der Waals surface area contributed by atoms with E-state index in [0.29, 0.717) is 12.5 Å². The fourth-order valence-electron chi connectivity index (χ4n) is 3.21. The summed E-state index contributed by atoms with van der Waals surface area (Å²) in [5.41, 5.74) is 1.03. The second kappa shape index (κ2) is 6.92. The van der Waals surface area contributed by atoms with Crippen molar-refractivity contribution in [2.24, 2.45) is 0 Å². The number of likely N-dealkylation sites (N-methyl/N-ethyl adjacent to an activating group) is 1. The van der Waals surface area contributed by atoms with Gasteiger partial charge in [-0.05, 0) is 67.8 Å². The third-order valence-electron chi connectivity index (χ3n) is 4.60. The number of sulfonamides is 1. The fourth-order valence-corrected chi connectivity index (χ4v) is 4.58. The molecule has 4 nitrogen and oxygen atoms in total. The average molecular weight is 384 g/mol. The Kier molecular flexibility index (Phi) is 4.98. The molecule has 0 saturated heterocycles. The highest BCUT2D eigenvalue weighted by Gasteiger charge is 2.30. The molecular weight excluding hydrogens is 365 g/mol. The van der Waals surface area contributed by atoms with Crippen molar-refractivity contribution in [3.8, 4) is 0 Å². The van der Waals surface area contributed by atoms with Crippen LogP contribution < -0.4 is 10.0 Å². The minimum atomic E-state index is -4.46. The van der Waals surface area contributed by atoms with E-state index in [0.717, 1.165) is 48.2 Å². The van der Waals surface area contributed by atoms with Gasteiger partial charge in [0.05, 0.1) is 10.5 Å². The number of fused-ring (bicyclic) bond motifs is 1. The molecule has 2 aromatic carbocycles. The van der Waals surface area contributed by atoms with Crippen LogP contribution in [0, 0.1) is 0 Å². The molecule has 140 valence electrons. The summed E-state index contributed by atoms with van der Waals surface area (Å²) in [6, 6.07) is 9.40. The Morgan fingerprint density at radius 2 is 1.77 bits per heavy atom. The highest BCUT2D eigenvalue weighted by atomic mass is 32.2. The van der Waals surface area contributed by atoms with Gasteiger partial charge in [0.15, 0.2) is 0 Å². The predicted molar refractivity (Wildman–Crippen MR) is 93.6 cm³/mol. The first-order valence-corrected chi connectivity index (χ1v) is 9.67. The Balaban J connectivity index is 1.88. The molecule has 26 heavy (non-hydrogen) atoms. The molecule has 0 aromatic heterocycles. The number of rotatable bonds is 4. The van der Waals surface area contributed by atoms with E-state index in [2.05, 4.69) is 10.0 Å². The molecule has 0 amide bonds. The molecule has 0 fully saturated rings. The van der Waals surface area contributed by atoms with Crippen molar-refractivity contribution in [2.75, 3.05) is 11.8 Å². The summed E-state index contributed by atoms with van der Waals surface area (Å²) in [5.74, 6) is 0. The lowest BCUT2D eigenvalue weighted by molar-refractivity contribution is -0.137. The molecule has 0 radical (unpaired) electrons. The van der Waals surface area contributed by atoms with Gasteiger partial charge in [0, 0.05) is 11.7 Å². The molecule has 0 aliphatic heterocycles. The van der Waals surface area contributed by atoms with E-state index in [9.17, 15) is 21.6 Å². The van der Waals surface area contributed by atoms with Crippen LogP contribution >= 0.6 is 0 Å². The minimum Gasteiger partial charge on any atom is -0.317 e. The van der Waals surface area contributed by atoms with Crippen molar-refractivity contribution in [2.45, 2.75) is 36.4 Å². The molecule has 0 heterocycles. The maximum absolute atomic E-state index is 12.8. The van der Waals surface area contributed by atoms with E-state index in [1.54, 1.807) is 6.07 Å². The Bertz CT molecular complexity index is 894. The summed E-state index contributed by atoms with van der Waals surface area (Å²) < 4.78 is 65.8. The van der Waals surface area contributed by atoms with E-state index >= 15 is 0 Å². The van der Waals surface area contributed by atoms with Crippen LogP contribution in [0.5, 0.6) is 0 Å². The third kappa shape index (κ3) is 3.86. The van der Waals surface area contributed by atoms with Gasteiger partial charge in [-0.15, -0.1) is 0 Å². The molecule has 8 heteroatoms. The molecule has 0 saturated carbocycles. The minimum absolute atomic E-state index is 0.0968. The van der Waals surface area contributed by atoms with Gasteiger partial charge < -0.3 is 5.32 Å². The van der Waals surface area contributed by atoms with Crippen molar-refractivity contribution in [1.29, 1.82) is 0 Å². The maximum atomic E-state index is 12.8. The zero-order chi connectivity index (χ0) is 18.9. The molecule has 0 bridgehead atoms. The lowest BCUT2D eigenvalue weighted by Gasteiger charge is -2.26. The SMILES string of the molecule is CN[C@H]1CCc2c(cccc2S(=O)(=O)Nc2ccc(C(F)(F)F)cc2)C1. The van der Waals surface area contributed by atoms with Crippen LogP contribution in [0.25, 0.3) is 0 Å². The molecule has 1 aliphatic carbocycles. The second-order valence-corrected chi connectivity index (χ2v) is 7.95. The number of halogens is 3. The monoisotopic (exact) mass is 384 g/mol. The second-order valence-electron chi connectivity index (χ2n) is 6.30. The molecule has 1 aliphatic rings. The zero-order valence-corrected chi connectivity index (χ0v) is 14.9. The van der Waals surface area contributed by atoms with Crippen LogP contribution in [0.15, 0.2) is 47.4 Å². The molecular formula is C18H19F3N2O2S. The van der Waals surface area contributed by atoms with Crippen molar-refractivity contribution in [1.82, 2.24) is 5.32 Å². The van der Waals surface area contributed by atoms with Gasteiger partial charge in [-0.2, -0.15) is 13.2 Å². The largest absolute Gasteiger partial charge is 0.416 e. The van der Waals surface area contributed by atoms with Gasteiger partial charge in [-0.1, -0.05) is 12.1 Å². The first-order valence-electron chi connectivity index (χ1n) is 8.19. The van der Waals surface area contributed by atoms with Crippen LogP contribution in [-0.4, -0.2) is 21.5 Å². The highest BCUT2D eigenvalue weighted by molar-refractivity contribution is 7.92. The van der Waals surface area contributed by atoms with Gasteiger partial charge >= 0.3 is 6.18 Å². The Hall–Kier alpha value is -2.06. The molecule has 0 spiro atoms. The molecule has 1 atom stereocenters. The van der Waals surface area contributed by atoms with Crippen molar-refractivity contribution in [3.05, 3.63) is 59.2 Å². The zero-order valence-electron chi connectivity index (χ0n) is 14.1. The number of nitrogens with one attached hydrogen (secondary N) is 2. The van der Waals surface area contributed by atoms with E-state index in [4.69, 9.17) is 0 Å². The molecule has 3 rings (SSSR count). The summed E-state index contributed by atoms with van der Waals surface area (Å²) in [6.07, 6.45) is -2.25. The predicted octanol–water partition coefficient (Wildman–Crippen LogP) is 3.58. The normalized spacial score (nSPS) is 17.6. The molecule has 2 N–H and O–H groups in total. The summed E-state index contributed by atoms with van der Waals surface area (Å²) >= 11 is 0. The lowest BCUT2D eigenvalue weighted by Crippen LogP contribution is -2.32. The van der Waals surface area contributed by atoms with E-state index in [-0.39, 0.29) is 10.6 Å². The first-order chi connectivity index (χ1) is 12.2. The lowest BCUT2D eigenvalue weighted by atomic mass is 9.88. The average Bonchev–Trinajstić information content (AvgIpc) is 2.60. The molecule has 0 unspecified atom stereocenters. The fraction of sp³-hybridized carbons (Fsp3) is 0.333. The van der Waals surface area contributed by atoms with E-state index in [1.165, 1.54) is 6.07 Å². The number of hydrogen-bond donors (Lipinski definition) is 2. The number of anilines is 1. The standard InChI is InChI=1S/C18H19F3N2O2S/c1-22-15-9-10-16-12(11-15)3-2-4-17(16)26(24,25)23-14-7-5-13(6-8-14)18(19,20)21/h2-8,15,22-23H,9-11H2,1H3/t15-/m0/s1. The number of hydrogen-bond acceptors (Lipinski definition) is 3. The Morgan fingerprint density at radius 3 is 2.38 bits per heavy atom. The smallest absolute Gasteiger partial charge is 0.317 e. The number of benzene rings is 2. The molecule has 2 aromatic rings. The first kappa shape index (κ1) is 18.7. The summed E-state index contributed by atoms with van der Waals surface area (Å²) in [4.78, 5) is 0.185. The third-order valence-corrected chi connectivity index (χ3v) is 6.07. The summed E-state index contributed by atoms with van der Waals surface area (Å²) in [5, 5.41) is 3.20. The Morgan fingerprint density at radius 1 is 1.08 bits per heavy atom.